The highest BCUT2D eigenvalue weighted by Gasteiger charge is 2.07. The molecule has 0 saturated heterocycles. The molecule has 1 atom stereocenters. The van der Waals surface area contributed by atoms with Gasteiger partial charge in [-0.2, -0.15) is 0 Å². The molecule has 3 N–H and O–H groups in total. The van der Waals surface area contributed by atoms with Crippen molar-refractivity contribution in [2.75, 3.05) is 6.54 Å². The van der Waals surface area contributed by atoms with Gasteiger partial charge in [0.05, 0.1) is 6.10 Å². The lowest BCUT2D eigenvalue weighted by molar-refractivity contribution is 0.169. The van der Waals surface area contributed by atoms with Gasteiger partial charge in [-0.15, -0.1) is 0 Å². The minimum Gasteiger partial charge on any atom is -0.388 e. The van der Waals surface area contributed by atoms with Crippen molar-refractivity contribution in [1.82, 2.24) is 4.98 Å². The Morgan fingerprint density at radius 1 is 1.67 bits per heavy atom. The number of aryl methyl sites for hydroxylation is 1. The summed E-state index contributed by atoms with van der Waals surface area (Å²) in [6, 6.07) is 1.83. The van der Waals surface area contributed by atoms with E-state index in [4.69, 9.17) is 5.73 Å². The van der Waals surface area contributed by atoms with Gasteiger partial charge in [0.2, 0.25) is 0 Å². The van der Waals surface area contributed by atoms with Crippen LogP contribution in [0.15, 0.2) is 18.5 Å². The van der Waals surface area contributed by atoms with Crippen LogP contribution in [-0.2, 0) is 0 Å². The topological polar surface area (TPSA) is 59.1 Å². The number of aromatic nitrogens is 1. The first-order valence-electron chi connectivity index (χ1n) is 4.04. The zero-order valence-electron chi connectivity index (χ0n) is 7.20. The van der Waals surface area contributed by atoms with E-state index < -0.39 is 6.10 Å². The van der Waals surface area contributed by atoms with E-state index >= 15 is 0 Å². The highest BCUT2D eigenvalue weighted by Crippen LogP contribution is 2.18. The van der Waals surface area contributed by atoms with Gasteiger partial charge in [0.1, 0.15) is 0 Å². The number of hydrogen-bond acceptors (Lipinski definition) is 3. The maximum Gasteiger partial charge on any atom is 0.0805 e. The lowest BCUT2D eigenvalue weighted by Crippen LogP contribution is -2.07. The van der Waals surface area contributed by atoms with Gasteiger partial charge in [-0.05, 0) is 37.1 Å². The quantitative estimate of drug-likeness (QED) is 0.697. The van der Waals surface area contributed by atoms with E-state index in [0.29, 0.717) is 13.0 Å². The zero-order valence-corrected chi connectivity index (χ0v) is 7.20. The van der Waals surface area contributed by atoms with Crippen molar-refractivity contribution in [3.8, 4) is 0 Å². The van der Waals surface area contributed by atoms with Crippen molar-refractivity contribution in [2.45, 2.75) is 19.4 Å². The van der Waals surface area contributed by atoms with Crippen molar-refractivity contribution in [1.29, 1.82) is 0 Å². The Kier molecular flexibility index (Phi) is 3.19. The summed E-state index contributed by atoms with van der Waals surface area (Å²) >= 11 is 0. The molecule has 66 valence electrons. The van der Waals surface area contributed by atoms with Crippen LogP contribution in [0, 0.1) is 6.92 Å². The molecule has 0 amide bonds. The van der Waals surface area contributed by atoms with Crippen LogP contribution in [0.1, 0.15) is 23.7 Å². The molecule has 0 aromatic carbocycles. The Morgan fingerprint density at radius 3 is 3.00 bits per heavy atom. The molecule has 0 aliphatic heterocycles. The van der Waals surface area contributed by atoms with Gasteiger partial charge in [0.25, 0.3) is 0 Å². The Hall–Kier alpha value is -0.930. The van der Waals surface area contributed by atoms with Gasteiger partial charge >= 0.3 is 0 Å². The lowest BCUT2D eigenvalue weighted by Gasteiger charge is -2.11. The average molecular weight is 166 g/mol. The molecular weight excluding hydrogens is 152 g/mol. The molecule has 0 bridgehead atoms. The Balaban J connectivity index is 2.79. The fourth-order valence-corrected chi connectivity index (χ4v) is 1.17. The fourth-order valence-electron chi connectivity index (χ4n) is 1.17. The van der Waals surface area contributed by atoms with Gasteiger partial charge in [-0.25, -0.2) is 0 Å². The van der Waals surface area contributed by atoms with Gasteiger partial charge in [-0.3, -0.25) is 4.98 Å². The maximum absolute atomic E-state index is 9.59. The second-order valence-corrected chi connectivity index (χ2v) is 2.83. The third-order valence-electron chi connectivity index (χ3n) is 1.86. The molecular formula is C9H14N2O. The molecule has 0 spiro atoms. The summed E-state index contributed by atoms with van der Waals surface area (Å²) in [5.74, 6) is 0. The normalized spacial score (nSPS) is 12.9. The standard InChI is InChI=1S/C9H14N2O/c1-7-6-11-5-3-8(7)9(12)2-4-10/h3,5-6,9,12H,2,4,10H2,1H3. The van der Waals surface area contributed by atoms with Crippen LogP contribution in [0.2, 0.25) is 0 Å². The van der Waals surface area contributed by atoms with Gasteiger partial charge in [-0.1, -0.05) is 0 Å². The van der Waals surface area contributed by atoms with Gasteiger partial charge < -0.3 is 10.8 Å². The average Bonchev–Trinajstić information content (AvgIpc) is 2.05. The van der Waals surface area contributed by atoms with E-state index in [9.17, 15) is 5.11 Å². The van der Waals surface area contributed by atoms with Crippen LogP contribution < -0.4 is 5.73 Å². The first-order chi connectivity index (χ1) is 5.75. The fraction of sp³-hybridized carbons (Fsp3) is 0.444. The van der Waals surface area contributed by atoms with E-state index in [-0.39, 0.29) is 0 Å². The highest BCUT2D eigenvalue weighted by molar-refractivity contribution is 5.23. The Morgan fingerprint density at radius 2 is 2.42 bits per heavy atom. The van der Waals surface area contributed by atoms with Crippen molar-refractivity contribution >= 4 is 0 Å². The van der Waals surface area contributed by atoms with Crippen LogP contribution >= 0.6 is 0 Å². The lowest BCUT2D eigenvalue weighted by atomic mass is 10.0. The van der Waals surface area contributed by atoms with Crippen LogP contribution in [0.3, 0.4) is 0 Å². The second-order valence-electron chi connectivity index (χ2n) is 2.83. The summed E-state index contributed by atoms with van der Waals surface area (Å²) in [6.07, 6.45) is 3.58. The van der Waals surface area contributed by atoms with Crippen LogP contribution in [0.4, 0.5) is 0 Å². The molecule has 1 rings (SSSR count). The number of hydrogen-bond donors (Lipinski definition) is 2. The smallest absolute Gasteiger partial charge is 0.0805 e. The highest BCUT2D eigenvalue weighted by atomic mass is 16.3. The molecule has 12 heavy (non-hydrogen) atoms. The van der Waals surface area contributed by atoms with E-state index in [0.717, 1.165) is 11.1 Å². The Labute approximate surface area is 72.2 Å². The zero-order chi connectivity index (χ0) is 8.97. The number of aliphatic hydroxyl groups excluding tert-OH is 1. The number of nitrogens with two attached hydrogens (primary N) is 1. The second kappa shape index (κ2) is 4.18. The summed E-state index contributed by atoms with van der Waals surface area (Å²) in [6.45, 7) is 2.44. The van der Waals surface area contributed by atoms with Crippen LogP contribution in [0.25, 0.3) is 0 Å². The summed E-state index contributed by atoms with van der Waals surface area (Å²) in [5, 5.41) is 9.59. The number of aliphatic hydroxyl groups is 1. The maximum atomic E-state index is 9.59. The van der Waals surface area contributed by atoms with Gasteiger partial charge in [0, 0.05) is 12.4 Å². The number of pyridine rings is 1. The predicted octanol–water partition coefficient (Wildman–Crippen LogP) is 0.772. The van der Waals surface area contributed by atoms with E-state index in [1.165, 1.54) is 0 Å². The van der Waals surface area contributed by atoms with Crippen molar-refractivity contribution in [3.63, 3.8) is 0 Å². The molecule has 0 aliphatic rings. The molecule has 1 aromatic heterocycles. The number of nitrogens with zero attached hydrogens (tertiary/aromatic N) is 1. The van der Waals surface area contributed by atoms with Crippen molar-refractivity contribution < 1.29 is 5.11 Å². The minimum absolute atomic E-state index is 0.446. The van der Waals surface area contributed by atoms with Crippen molar-refractivity contribution in [3.05, 3.63) is 29.6 Å². The first-order valence-corrected chi connectivity index (χ1v) is 4.04. The van der Waals surface area contributed by atoms with Gasteiger partial charge in [0.15, 0.2) is 0 Å². The van der Waals surface area contributed by atoms with Crippen LogP contribution in [-0.4, -0.2) is 16.6 Å². The molecule has 1 unspecified atom stereocenters. The molecule has 1 aromatic rings. The predicted molar refractivity (Wildman–Crippen MR) is 47.6 cm³/mol. The molecule has 0 fully saturated rings. The molecule has 0 saturated carbocycles. The summed E-state index contributed by atoms with van der Waals surface area (Å²) in [4.78, 5) is 3.95. The molecule has 0 radical (unpaired) electrons. The first kappa shape index (κ1) is 9.16. The largest absolute Gasteiger partial charge is 0.388 e. The minimum atomic E-state index is -0.446. The van der Waals surface area contributed by atoms with E-state index in [1.54, 1.807) is 12.4 Å². The molecule has 0 aliphatic carbocycles. The van der Waals surface area contributed by atoms with E-state index in [1.807, 2.05) is 13.0 Å². The molecule has 1 heterocycles. The van der Waals surface area contributed by atoms with Crippen LogP contribution in [0.5, 0.6) is 0 Å². The molecule has 3 nitrogen and oxygen atoms in total. The summed E-state index contributed by atoms with van der Waals surface area (Å²) < 4.78 is 0. The van der Waals surface area contributed by atoms with E-state index in [2.05, 4.69) is 4.98 Å². The third-order valence-corrected chi connectivity index (χ3v) is 1.86. The summed E-state index contributed by atoms with van der Waals surface area (Å²) in [7, 11) is 0. The summed E-state index contributed by atoms with van der Waals surface area (Å²) in [5.41, 5.74) is 7.28. The SMILES string of the molecule is Cc1cnccc1C(O)CCN. The monoisotopic (exact) mass is 166 g/mol. The third kappa shape index (κ3) is 2.03. The number of rotatable bonds is 3. The Bertz CT molecular complexity index is 250. The van der Waals surface area contributed by atoms with Crippen molar-refractivity contribution in [2.24, 2.45) is 5.73 Å². The molecule has 3 heteroatoms.